The summed E-state index contributed by atoms with van der Waals surface area (Å²) < 4.78 is 1.90. The number of nitrogens with zero attached hydrogens (tertiary/aromatic N) is 3. The Hall–Kier alpha value is -2.37. The van der Waals surface area contributed by atoms with Gasteiger partial charge in [0.25, 0.3) is 5.69 Å². The summed E-state index contributed by atoms with van der Waals surface area (Å²) in [5, 5.41) is 18.2. The molecule has 20 heavy (non-hydrogen) atoms. The van der Waals surface area contributed by atoms with E-state index in [1.54, 1.807) is 18.3 Å². The largest absolute Gasteiger partial charge is 0.381 e. The third-order valence-electron chi connectivity index (χ3n) is 2.88. The van der Waals surface area contributed by atoms with Gasteiger partial charge < -0.3 is 5.32 Å². The quantitative estimate of drug-likeness (QED) is 0.686. The van der Waals surface area contributed by atoms with Crippen LogP contribution in [0, 0.1) is 10.1 Å². The van der Waals surface area contributed by atoms with Gasteiger partial charge in [-0.3, -0.25) is 14.8 Å². The first kappa shape index (κ1) is 14.0. The molecule has 6 heteroatoms. The van der Waals surface area contributed by atoms with Crippen LogP contribution in [0.25, 0.3) is 0 Å². The number of hydrogen-bond donors (Lipinski definition) is 1. The average molecular weight is 274 g/mol. The van der Waals surface area contributed by atoms with Gasteiger partial charge in [-0.1, -0.05) is 6.07 Å². The molecule has 0 fully saturated rings. The van der Waals surface area contributed by atoms with Gasteiger partial charge in [0.1, 0.15) is 0 Å². The molecule has 0 atom stereocenters. The van der Waals surface area contributed by atoms with Crippen molar-refractivity contribution in [2.75, 3.05) is 5.32 Å². The predicted molar refractivity (Wildman–Crippen MR) is 77.6 cm³/mol. The van der Waals surface area contributed by atoms with Crippen LogP contribution in [0.5, 0.6) is 0 Å². The first-order chi connectivity index (χ1) is 9.36. The zero-order valence-electron chi connectivity index (χ0n) is 11.8. The van der Waals surface area contributed by atoms with Crippen LogP contribution in [0.2, 0.25) is 0 Å². The van der Waals surface area contributed by atoms with Gasteiger partial charge in [-0.2, -0.15) is 5.10 Å². The molecule has 0 saturated carbocycles. The van der Waals surface area contributed by atoms with Crippen LogP contribution in [0.4, 0.5) is 11.4 Å². The van der Waals surface area contributed by atoms with E-state index in [-0.39, 0.29) is 11.2 Å². The summed E-state index contributed by atoms with van der Waals surface area (Å²) in [5.41, 5.74) is 1.79. The van der Waals surface area contributed by atoms with Crippen molar-refractivity contribution < 1.29 is 4.92 Å². The lowest BCUT2D eigenvalue weighted by atomic mass is 10.1. The Morgan fingerprint density at radius 3 is 2.75 bits per heavy atom. The van der Waals surface area contributed by atoms with Crippen LogP contribution in [0.1, 0.15) is 26.3 Å². The van der Waals surface area contributed by atoms with Gasteiger partial charge in [-0.15, -0.1) is 0 Å². The molecule has 0 spiro atoms. The number of nitro benzene ring substituents is 1. The second-order valence-corrected chi connectivity index (χ2v) is 5.62. The van der Waals surface area contributed by atoms with Crippen LogP contribution in [-0.4, -0.2) is 14.7 Å². The van der Waals surface area contributed by atoms with Crippen molar-refractivity contribution in [3.8, 4) is 0 Å². The second kappa shape index (κ2) is 5.32. The normalized spacial score (nSPS) is 11.3. The number of anilines is 1. The molecule has 6 nitrogen and oxygen atoms in total. The summed E-state index contributed by atoms with van der Waals surface area (Å²) in [7, 11) is 0. The van der Waals surface area contributed by atoms with Gasteiger partial charge in [-0.05, 0) is 26.8 Å². The molecule has 1 aromatic carbocycles. The molecule has 0 radical (unpaired) electrons. The monoisotopic (exact) mass is 274 g/mol. The van der Waals surface area contributed by atoms with E-state index < -0.39 is 4.92 Å². The van der Waals surface area contributed by atoms with Crippen LogP contribution >= 0.6 is 0 Å². The van der Waals surface area contributed by atoms with Crippen molar-refractivity contribution in [1.82, 2.24) is 9.78 Å². The topological polar surface area (TPSA) is 73.0 Å². The van der Waals surface area contributed by atoms with Crippen molar-refractivity contribution in [2.24, 2.45) is 0 Å². The number of non-ortho nitro benzene ring substituents is 1. The molecule has 0 amide bonds. The van der Waals surface area contributed by atoms with Gasteiger partial charge in [0.05, 0.1) is 16.7 Å². The van der Waals surface area contributed by atoms with Gasteiger partial charge >= 0.3 is 0 Å². The Bertz CT molecular complexity index is 614. The molecule has 0 aliphatic carbocycles. The fraction of sp³-hybridized carbons (Fsp3) is 0.357. The van der Waals surface area contributed by atoms with E-state index in [1.807, 2.05) is 10.9 Å². The lowest BCUT2D eigenvalue weighted by Crippen LogP contribution is -2.21. The van der Waals surface area contributed by atoms with E-state index in [9.17, 15) is 10.1 Å². The molecule has 1 aromatic heterocycles. The average Bonchev–Trinajstić information content (AvgIpc) is 2.85. The summed E-state index contributed by atoms with van der Waals surface area (Å²) in [6.45, 7) is 6.82. The Morgan fingerprint density at radius 1 is 1.40 bits per heavy atom. The summed E-state index contributed by atoms with van der Waals surface area (Å²) in [5.74, 6) is 0. The van der Waals surface area contributed by atoms with Crippen LogP contribution in [0.3, 0.4) is 0 Å². The van der Waals surface area contributed by atoms with Crippen LogP contribution in [0.15, 0.2) is 36.7 Å². The predicted octanol–water partition coefficient (Wildman–Crippen LogP) is 3.16. The maximum atomic E-state index is 10.7. The Kier molecular flexibility index (Phi) is 3.74. The van der Waals surface area contributed by atoms with E-state index in [4.69, 9.17) is 0 Å². The zero-order valence-corrected chi connectivity index (χ0v) is 11.8. The highest BCUT2D eigenvalue weighted by molar-refractivity contribution is 5.51. The Balaban J connectivity index is 2.04. The summed E-state index contributed by atoms with van der Waals surface area (Å²) >= 11 is 0. The van der Waals surface area contributed by atoms with Crippen molar-refractivity contribution in [1.29, 1.82) is 0 Å². The SMILES string of the molecule is CC(C)(C)n1cc(CNc2cccc([N+](=O)[O-])c2)cn1. The molecule has 1 heterocycles. The van der Waals surface area contributed by atoms with Crippen molar-refractivity contribution >= 4 is 11.4 Å². The molecule has 2 aromatic rings. The van der Waals surface area contributed by atoms with Crippen molar-refractivity contribution in [2.45, 2.75) is 32.9 Å². The number of nitro groups is 1. The molecule has 0 bridgehead atoms. The number of benzene rings is 1. The van der Waals surface area contributed by atoms with Gasteiger partial charge in [0.2, 0.25) is 0 Å². The molecular weight excluding hydrogens is 256 g/mol. The fourth-order valence-corrected chi connectivity index (χ4v) is 1.75. The fourth-order valence-electron chi connectivity index (χ4n) is 1.75. The smallest absolute Gasteiger partial charge is 0.271 e. The van der Waals surface area contributed by atoms with Crippen LogP contribution < -0.4 is 5.32 Å². The first-order valence-corrected chi connectivity index (χ1v) is 6.38. The first-order valence-electron chi connectivity index (χ1n) is 6.38. The standard InChI is InChI=1S/C14H18N4O2/c1-14(2,3)17-10-11(9-16-17)8-15-12-5-4-6-13(7-12)18(19)20/h4-7,9-10,15H,8H2,1-3H3. The van der Waals surface area contributed by atoms with E-state index >= 15 is 0 Å². The number of rotatable bonds is 4. The Morgan fingerprint density at radius 2 is 2.15 bits per heavy atom. The van der Waals surface area contributed by atoms with Crippen LogP contribution in [-0.2, 0) is 12.1 Å². The maximum Gasteiger partial charge on any atom is 0.271 e. The lowest BCUT2D eigenvalue weighted by Gasteiger charge is -2.18. The van der Waals surface area contributed by atoms with Crippen molar-refractivity contribution in [3.63, 3.8) is 0 Å². The molecule has 0 aliphatic heterocycles. The highest BCUT2D eigenvalue weighted by Crippen LogP contribution is 2.18. The van der Waals surface area contributed by atoms with Crippen molar-refractivity contribution in [3.05, 3.63) is 52.3 Å². The summed E-state index contributed by atoms with van der Waals surface area (Å²) in [6.07, 6.45) is 3.78. The molecule has 1 N–H and O–H groups in total. The molecule has 2 rings (SSSR count). The minimum atomic E-state index is -0.400. The molecule has 0 aliphatic rings. The third kappa shape index (κ3) is 3.34. The minimum Gasteiger partial charge on any atom is -0.381 e. The summed E-state index contributed by atoms with van der Waals surface area (Å²) in [4.78, 5) is 10.3. The molecule has 106 valence electrons. The van der Waals surface area contributed by atoms with E-state index in [0.717, 1.165) is 11.3 Å². The summed E-state index contributed by atoms with van der Waals surface area (Å²) in [6, 6.07) is 6.47. The van der Waals surface area contributed by atoms with Gasteiger partial charge in [0, 0.05) is 36.1 Å². The van der Waals surface area contributed by atoms with Gasteiger partial charge in [0.15, 0.2) is 0 Å². The number of nitrogens with one attached hydrogen (secondary N) is 1. The number of aromatic nitrogens is 2. The molecular formula is C14H18N4O2. The van der Waals surface area contributed by atoms with E-state index in [0.29, 0.717) is 6.54 Å². The highest BCUT2D eigenvalue weighted by Gasteiger charge is 2.13. The second-order valence-electron chi connectivity index (χ2n) is 5.62. The molecule has 0 saturated heterocycles. The lowest BCUT2D eigenvalue weighted by molar-refractivity contribution is -0.384. The van der Waals surface area contributed by atoms with E-state index in [2.05, 4.69) is 31.2 Å². The van der Waals surface area contributed by atoms with Gasteiger partial charge in [-0.25, -0.2) is 0 Å². The zero-order chi connectivity index (χ0) is 14.8. The maximum absolute atomic E-state index is 10.7. The minimum absolute atomic E-state index is 0.0518. The highest BCUT2D eigenvalue weighted by atomic mass is 16.6. The molecule has 0 unspecified atom stereocenters. The number of hydrogen-bond acceptors (Lipinski definition) is 4. The third-order valence-corrected chi connectivity index (χ3v) is 2.88. The Labute approximate surface area is 117 Å². The van der Waals surface area contributed by atoms with E-state index in [1.165, 1.54) is 12.1 Å².